The highest BCUT2D eigenvalue weighted by Crippen LogP contribution is 2.41. The summed E-state index contributed by atoms with van der Waals surface area (Å²) in [6.45, 7) is 8.66. The van der Waals surface area contributed by atoms with Crippen molar-refractivity contribution in [1.29, 1.82) is 0 Å². The molecule has 0 spiro atoms. The van der Waals surface area contributed by atoms with E-state index in [1.165, 1.54) is 11.1 Å². The van der Waals surface area contributed by atoms with Crippen LogP contribution < -0.4 is 10.1 Å². The van der Waals surface area contributed by atoms with Gasteiger partial charge in [0.2, 0.25) is 5.91 Å². The molecule has 2 aromatic carbocycles. The van der Waals surface area contributed by atoms with Crippen molar-refractivity contribution in [2.75, 3.05) is 6.54 Å². The highest BCUT2D eigenvalue weighted by molar-refractivity contribution is 5.82. The lowest BCUT2D eigenvalue weighted by Gasteiger charge is -2.38. The van der Waals surface area contributed by atoms with Crippen LogP contribution in [0.15, 0.2) is 42.5 Å². The van der Waals surface area contributed by atoms with E-state index in [9.17, 15) is 9.59 Å². The Morgan fingerprint density at radius 2 is 1.94 bits per heavy atom. The van der Waals surface area contributed by atoms with Crippen LogP contribution in [0.5, 0.6) is 5.75 Å². The largest absolute Gasteiger partial charge is 0.481 e. The van der Waals surface area contributed by atoms with E-state index in [0.29, 0.717) is 12.2 Å². The van der Waals surface area contributed by atoms with Crippen LogP contribution in [0, 0.1) is 12.8 Å². The number of hydrogen-bond donors (Lipinski definition) is 1. The summed E-state index contributed by atoms with van der Waals surface area (Å²) in [4.78, 5) is 27.8. The molecule has 1 saturated carbocycles. The number of aryl methyl sites for hydroxylation is 1. The van der Waals surface area contributed by atoms with Crippen LogP contribution >= 0.6 is 0 Å². The van der Waals surface area contributed by atoms with E-state index in [0.717, 1.165) is 36.9 Å². The number of amides is 2. The number of fused-ring (bicyclic) bond motifs is 1. The van der Waals surface area contributed by atoms with Crippen molar-refractivity contribution >= 4 is 11.8 Å². The summed E-state index contributed by atoms with van der Waals surface area (Å²) >= 11 is 0. The van der Waals surface area contributed by atoms with Gasteiger partial charge in [0.25, 0.3) is 5.91 Å². The molecule has 1 N–H and O–H groups in total. The molecule has 5 heteroatoms. The van der Waals surface area contributed by atoms with Crippen molar-refractivity contribution in [2.45, 2.75) is 71.6 Å². The van der Waals surface area contributed by atoms with Gasteiger partial charge in [0, 0.05) is 18.5 Å². The van der Waals surface area contributed by atoms with Gasteiger partial charge >= 0.3 is 0 Å². The molecule has 1 aliphatic heterocycles. The van der Waals surface area contributed by atoms with Crippen LogP contribution in [-0.4, -0.2) is 35.4 Å². The topological polar surface area (TPSA) is 58.6 Å². The summed E-state index contributed by atoms with van der Waals surface area (Å²) < 4.78 is 6.14. The number of rotatable bonds is 7. The number of carbonyl (C=O) groups is 2. The number of benzene rings is 2. The Balaban J connectivity index is 1.68. The molecule has 170 valence electrons. The van der Waals surface area contributed by atoms with Gasteiger partial charge in [-0.1, -0.05) is 42.8 Å². The zero-order chi connectivity index (χ0) is 22.8. The number of nitrogens with zero attached hydrogens (tertiary/aromatic N) is 1. The third kappa shape index (κ3) is 4.82. The fourth-order valence-electron chi connectivity index (χ4n) is 4.53. The summed E-state index contributed by atoms with van der Waals surface area (Å²) in [5.74, 6) is 1.01. The van der Waals surface area contributed by atoms with Crippen molar-refractivity contribution in [1.82, 2.24) is 10.2 Å². The molecule has 1 aliphatic carbocycles. The monoisotopic (exact) mass is 434 g/mol. The maximum atomic E-state index is 13.2. The normalized spacial score (nSPS) is 18.8. The van der Waals surface area contributed by atoms with E-state index >= 15 is 0 Å². The van der Waals surface area contributed by atoms with Crippen LogP contribution in [0.3, 0.4) is 0 Å². The molecule has 2 atom stereocenters. The highest BCUT2D eigenvalue weighted by atomic mass is 16.5. The number of carbonyl (C=O) groups excluding carboxylic acids is 2. The van der Waals surface area contributed by atoms with Crippen LogP contribution in [0.1, 0.15) is 68.3 Å². The predicted octanol–water partition coefficient (Wildman–Crippen LogP) is 4.56. The first kappa shape index (κ1) is 22.4. The minimum absolute atomic E-state index is 0.0661. The van der Waals surface area contributed by atoms with Crippen LogP contribution in [0.4, 0.5) is 0 Å². The Labute approximate surface area is 191 Å². The van der Waals surface area contributed by atoms with Crippen molar-refractivity contribution in [2.24, 2.45) is 5.92 Å². The lowest BCUT2D eigenvalue weighted by atomic mass is 9.87. The van der Waals surface area contributed by atoms with Crippen molar-refractivity contribution in [3.63, 3.8) is 0 Å². The maximum Gasteiger partial charge on any atom is 0.261 e. The Kier molecular flexibility index (Phi) is 6.54. The van der Waals surface area contributed by atoms with Gasteiger partial charge in [0.15, 0.2) is 6.10 Å². The molecular formula is C27H34N2O3. The molecule has 0 unspecified atom stereocenters. The van der Waals surface area contributed by atoms with E-state index in [2.05, 4.69) is 47.5 Å². The van der Waals surface area contributed by atoms with E-state index in [-0.39, 0.29) is 29.8 Å². The molecule has 2 aliphatic rings. The Morgan fingerprint density at radius 1 is 1.16 bits per heavy atom. The first-order valence-corrected chi connectivity index (χ1v) is 11.8. The highest BCUT2D eigenvalue weighted by Gasteiger charge is 2.39. The van der Waals surface area contributed by atoms with Gasteiger partial charge < -0.3 is 15.0 Å². The minimum atomic E-state index is -0.541. The lowest BCUT2D eigenvalue weighted by Crippen LogP contribution is -2.42. The van der Waals surface area contributed by atoms with Crippen molar-refractivity contribution in [3.8, 4) is 5.75 Å². The molecule has 0 bridgehead atoms. The van der Waals surface area contributed by atoms with Gasteiger partial charge in [0.05, 0.1) is 6.04 Å². The Bertz CT molecular complexity index is 996. The summed E-state index contributed by atoms with van der Waals surface area (Å²) in [6, 6.07) is 14.5. The van der Waals surface area contributed by atoms with Crippen LogP contribution in [0.25, 0.3) is 0 Å². The number of hydrogen-bond acceptors (Lipinski definition) is 3. The second-order valence-electron chi connectivity index (χ2n) is 9.41. The summed E-state index contributed by atoms with van der Waals surface area (Å²) in [7, 11) is 0. The van der Waals surface area contributed by atoms with Crippen molar-refractivity contribution in [3.05, 3.63) is 64.7 Å². The molecule has 2 aromatic rings. The van der Waals surface area contributed by atoms with E-state index in [4.69, 9.17) is 4.74 Å². The van der Waals surface area contributed by atoms with Gasteiger partial charge in [-0.3, -0.25) is 9.59 Å². The van der Waals surface area contributed by atoms with Gasteiger partial charge in [-0.2, -0.15) is 0 Å². The van der Waals surface area contributed by atoms with Gasteiger partial charge in [-0.25, -0.2) is 0 Å². The molecule has 0 radical (unpaired) electrons. The first-order valence-electron chi connectivity index (χ1n) is 11.8. The summed E-state index contributed by atoms with van der Waals surface area (Å²) in [6.07, 6.45) is 2.87. The van der Waals surface area contributed by atoms with E-state index in [1.807, 2.05) is 32.9 Å². The third-order valence-electron chi connectivity index (χ3n) is 6.29. The number of nitrogens with one attached hydrogen (secondary N) is 1. The van der Waals surface area contributed by atoms with E-state index in [1.54, 1.807) is 0 Å². The Morgan fingerprint density at radius 3 is 2.59 bits per heavy atom. The van der Waals surface area contributed by atoms with E-state index < -0.39 is 6.10 Å². The van der Waals surface area contributed by atoms with Crippen LogP contribution in [0.2, 0.25) is 0 Å². The molecule has 5 nitrogen and oxygen atoms in total. The fraction of sp³-hybridized carbons (Fsp3) is 0.481. The van der Waals surface area contributed by atoms with Gasteiger partial charge in [-0.15, -0.1) is 0 Å². The molecule has 0 aromatic heterocycles. The summed E-state index contributed by atoms with van der Waals surface area (Å²) in [5, 5.41) is 2.94. The summed E-state index contributed by atoms with van der Waals surface area (Å²) in [5.41, 5.74) is 4.65. The van der Waals surface area contributed by atoms with Crippen molar-refractivity contribution < 1.29 is 14.3 Å². The average molecular weight is 435 g/mol. The smallest absolute Gasteiger partial charge is 0.261 e. The second kappa shape index (κ2) is 9.35. The molecule has 32 heavy (non-hydrogen) atoms. The fourth-order valence-corrected chi connectivity index (χ4v) is 4.53. The zero-order valence-corrected chi connectivity index (χ0v) is 19.6. The van der Waals surface area contributed by atoms with Crippen LogP contribution in [-0.2, 0) is 16.0 Å². The first-order chi connectivity index (χ1) is 15.4. The molecular weight excluding hydrogens is 400 g/mol. The lowest BCUT2D eigenvalue weighted by molar-refractivity contribution is -0.134. The molecule has 0 saturated heterocycles. The quantitative estimate of drug-likeness (QED) is 0.695. The van der Waals surface area contributed by atoms with Gasteiger partial charge in [0.1, 0.15) is 5.75 Å². The number of ether oxygens (including phenoxy) is 1. The maximum absolute atomic E-state index is 13.2. The predicted molar refractivity (Wildman–Crippen MR) is 126 cm³/mol. The molecule has 1 fully saturated rings. The van der Waals surface area contributed by atoms with Gasteiger partial charge in [-0.05, 0) is 75.3 Å². The standard InChI is InChI=1S/C27H34N2O3/c1-5-24(26(30)28-17(2)3)32-22-12-11-19-13-14-29(27(31)20-9-10-20)25(23(19)16-22)21-8-6-7-18(4)15-21/h6-8,11-12,15-17,20,24-25H,5,9-10,13-14H2,1-4H3,(H,28,30)/t24-,25+/m0/s1. The average Bonchev–Trinajstić information content (AvgIpc) is 3.61. The molecule has 4 rings (SSSR count). The third-order valence-corrected chi connectivity index (χ3v) is 6.29. The molecule has 2 amide bonds. The SMILES string of the molecule is CC[C@H](Oc1ccc2c(c1)[C@@H](c1cccc(C)c1)N(C(=O)C1CC1)CC2)C(=O)NC(C)C. The Hall–Kier alpha value is -2.82. The molecule has 1 heterocycles. The zero-order valence-electron chi connectivity index (χ0n) is 19.6. The second-order valence-corrected chi connectivity index (χ2v) is 9.41. The minimum Gasteiger partial charge on any atom is -0.481 e.